The van der Waals surface area contributed by atoms with E-state index in [9.17, 15) is 0 Å². The van der Waals surface area contributed by atoms with Gasteiger partial charge in [0.25, 0.3) is 0 Å². The van der Waals surface area contributed by atoms with Gasteiger partial charge in [-0.25, -0.2) is 0 Å². The molecule has 0 fully saturated rings. The molecule has 1 nitrogen and oxygen atoms in total. The van der Waals surface area contributed by atoms with E-state index in [4.69, 9.17) is 11.6 Å². The Hall–Kier alpha value is -0.310. The van der Waals surface area contributed by atoms with Crippen LogP contribution in [0.3, 0.4) is 0 Å². The average molecular weight is 275 g/mol. The van der Waals surface area contributed by atoms with Crippen molar-refractivity contribution in [3.8, 4) is 0 Å². The van der Waals surface area contributed by atoms with Gasteiger partial charge in [0.1, 0.15) is 0 Å². The second kappa shape index (κ2) is 5.54. The maximum atomic E-state index is 5.96. The zero-order valence-corrected chi connectivity index (χ0v) is 10.4. The number of benzene rings is 1. The van der Waals surface area contributed by atoms with E-state index in [1.54, 1.807) is 0 Å². The average Bonchev–Trinajstić information content (AvgIpc) is 2.12. The maximum absolute atomic E-state index is 5.96. The summed E-state index contributed by atoms with van der Waals surface area (Å²) in [5.41, 5.74) is 1.13. The number of nitrogens with one attached hydrogen (secondary N) is 1. The lowest BCUT2D eigenvalue weighted by Crippen LogP contribution is -2.18. The molecule has 1 N–H and O–H groups in total. The van der Waals surface area contributed by atoms with E-state index in [0.29, 0.717) is 0 Å². The van der Waals surface area contributed by atoms with Crippen molar-refractivity contribution >= 4 is 27.5 Å². The lowest BCUT2D eigenvalue weighted by Gasteiger charge is -2.14. The summed E-state index contributed by atoms with van der Waals surface area (Å²) in [6.45, 7) is 6.76. The summed E-state index contributed by atoms with van der Waals surface area (Å²) >= 11 is 9.37. The van der Waals surface area contributed by atoms with Crippen molar-refractivity contribution in [1.82, 2.24) is 5.32 Å². The van der Waals surface area contributed by atoms with Crippen LogP contribution < -0.4 is 5.32 Å². The van der Waals surface area contributed by atoms with Crippen molar-refractivity contribution < 1.29 is 0 Å². The first-order chi connectivity index (χ1) is 6.67. The van der Waals surface area contributed by atoms with Crippen molar-refractivity contribution in [2.75, 3.05) is 6.54 Å². The van der Waals surface area contributed by atoms with Crippen LogP contribution in [0.25, 0.3) is 0 Å². The summed E-state index contributed by atoms with van der Waals surface area (Å²) < 4.78 is 0.991. The van der Waals surface area contributed by atoms with Crippen LogP contribution >= 0.6 is 27.5 Å². The minimum absolute atomic E-state index is 0.162. The molecule has 0 bridgehead atoms. The second-order valence-corrected chi connectivity index (χ2v) is 4.33. The fraction of sp³-hybridized carbons (Fsp3) is 0.273. The zero-order valence-electron chi connectivity index (χ0n) is 8.06. The topological polar surface area (TPSA) is 12.0 Å². The van der Waals surface area contributed by atoms with Crippen LogP contribution in [0.15, 0.2) is 35.3 Å². The molecule has 0 radical (unpaired) electrons. The summed E-state index contributed by atoms with van der Waals surface area (Å²) in [4.78, 5) is 0. The molecule has 0 spiro atoms. The van der Waals surface area contributed by atoms with Gasteiger partial charge in [0.15, 0.2) is 0 Å². The van der Waals surface area contributed by atoms with Crippen LogP contribution in [-0.4, -0.2) is 6.54 Å². The molecule has 1 aromatic carbocycles. The predicted octanol–water partition coefficient (Wildman–Crippen LogP) is 3.94. The first kappa shape index (κ1) is 11.8. The lowest BCUT2D eigenvalue weighted by atomic mass is 10.1. The van der Waals surface area contributed by atoms with Gasteiger partial charge in [0, 0.05) is 9.50 Å². The second-order valence-electron chi connectivity index (χ2n) is 2.97. The standard InChI is InChI=1S/C11H13BrClN/c1-3-11(14-4-2)8-5-9(12)7-10(13)6-8/h3,5-7,11,14H,1,4H2,2H3. The highest BCUT2D eigenvalue weighted by Crippen LogP contribution is 2.24. The van der Waals surface area contributed by atoms with Crippen molar-refractivity contribution in [3.05, 3.63) is 45.9 Å². The van der Waals surface area contributed by atoms with Gasteiger partial charge in [-0.2, -0.15) is 0 Å². The van der Waals surface area contributed by atoms with Crippen LogP contribution in [0.2, 0.25) is 5.02 Å². The highest BCUT2D eigenvalue weighted by Gasteiger charge is 2.06. The molecule has 1 aromatic rings. The molecule has 0 aromatic heterocycles. The SMILES string of the molecule is C=CC(NCC)c1cc(Cl)cc(Br)c1. The van der Waals surface area contributed by atoms with Gasteiger partial charge in [-0.3, -0.25) is 0 Å². The van der Waals surface area contributed by atoms with Gasteiger partial charge >= 0.3 is 0 Å². The lowest BCUT2D eigenvalue weighted by molar-refractivity contribution is 0.649. The number of likely N-dealkylation sites (N-methyl/N-ethyl adjacent to an activating group) is 1. The zero-order chi connectivity index (χ0) is 10.6. The Morgan fingerprint density at radius 1 is 1.57 bits per heavy atom. The molecule has 0 amide bonds. The van der Waals surface area contributed by atoms with Crippen molar-refractivity contribution in [2.45, 2.75) is 13.0 Å². The van der Waals surface area contributed by atoms with Crippen LogP contribution in [-0.2, 0) is 0 Å². The Balaban J connectivity index is 2.97. The molecule has 1 rings (SSSR count). The Morgan fingerprint density at radius 3 is 2.79 bits per heavy atom. The van der Waals surface area contributed by atoms with E-state index in [2.05, 4.69) is 34.7 Å². The van der Waals surface area contributed by atoms with Crippen LogP contribution in [0.1, 0.15) is 18.5 Å². The predicted molar refractivity (Wildman–Crippen MR) is 65.8 cm³/mol. The molecular formula is C11H13BrClN. The Morgan fingerprint density at radius 2 is 2.29 bits per heavy atom. The summed E-state index contributed by atoms with van der Waals surface area (Å²) in [6.07, 6.45) is 1.88. The van der Waals surface area contributed by atoms with Crippen molar-refractivity contribution in [3.63, 3.8) is 0 Å². The highest BCUT2D eigenvalue weighted by molar-refractivity contribution is 9.10. The van der Waals surface area contributed by atoms with E-state index in [1.807, 2.05) is 24.3 Å². The van der Waals surface area contributed by atoms with E-state index >= 15 is 0 Å². The first-order valence-electron chi connectivity index (χ1n) is 4.49. The Labute approximate surface area is 98.3 Å². The van der Waals surface area contributed by atoms with E-state index in [0.717, 1.165) is 21.6 Å². The van der Waals surface area contributed by atoms with Gasteiger partial charge in [-0.05, 0) is 30.3 Å². The number of hydrogen-bond acceptors (Lipinski definition) is 1. The molecule has 0 aliphatic rings. The first-order valence-corrected chi connectivity index (χ1v) is 5.66. The van der Waals surface area contributed by atoms with E-state index in [1.165, 1.54) is 0 Å². The molecule has 0 heterocycles. The summed E-state index contributed by atoms with van der Waals surface area (Å²) in [7, 11) is 0. The summed E-state index contributed by atoms with van der Waals surface area (Å²) in [5.74, 6) is 0. The van der Waals surface area contributed by atoms with Crippen molar-refractivity contribution in [2.24, 2.45) is 0 Å². The molecule has 0 aliphatic heterocycles. The van der Waals surface area contributed by atoms with Gasteiger partial charge in [0.05, 0.1) is 6.04 Å². The Kier molecular flexibility index (Phi) is 4.66. The minimum atomic E-state index is 0.162. The number of halogens is 2. The number of hydrogen-bond donors (Lipinski definition) is 1. The maximum Gasteiger partial charge on any atom is 0.0504 e. The van der Waals surface area contributed by atoms with Gasteiger partial charge in [-0.1, -0.05) is 40.5 Å². The van der Waals surface area contributed by atoms with E-state index in [-0.39, 0.29) is 6.04 Å². The molecule has 3 heteroatoms. The highest BCUT2D eigenvalue weighted by atomic mass is 79.9. The molecule has 1 unspecified atom stereocenters. The molecule has 76 valence electrons. The minimum Gasteiger partial charge on any atom is -0.307 e. The third-order valence-corrected chi connectivity index (χ3v) is 2.58. The largest absolute Gasteiger partial charge is 0.307 e. The summed E-state index contributed by atoms with van der Waals surface area (Å²) in [5, 5.41) is 4.04. The third-order valence-electron chi connectivity index (χ3n) is 1.90. The van der Waals surface area contributed by atoms with Crippen LogP contribution in [0.4, 0.5) is 0 Å². The van der Waals surface area contributed by atoms with Gasteiger partial charge in [0.2, 0.25) is 0 Å². The van der Waals surface area contributed by atoms with Crippen molar-refractivity contribution in [1.29, 1.82) is 0 Å². The molecular weight excluding hydrogens is 261 g/mol. The van der Waals surface area contributed by atoms with Gasteiger partial charge in [-0.15, -0.1) is 6.58 Å². The van der Waals surface area contributed by atoms with E-state index < -0.39 is 0 Å². The monoisotopic (exact) mass is 273 g/mol. The molecule has 0 saturated carbocycles. The normalized spacial score (nSPS) is 12.5. The fourth-order valence-electron chi connectivity index (χ4n) is 1.31. The molecule has 1 atom stereocenters. The van der Waals surface area contributed by atoms with Gasteiger partial charge < -0.3 is 5.32 Å². The number of rotatable bonds is 4. The Bertz CT molecular complexity index is 305. The quantitative estimate of drug-likeness (QED) is 0.820. The molecule has 0 saturated heterocycles. The fourth-order valence-corrected chi connectivity index (χ4v) is 2.20. The third kappa shape index (κ3) is 3.12. The summed E-state index contributed by atoms with van der Waals surface area (Å²) in [6, 6.07) is 6.02. The molecule has 0 aliphatic carbocycles. The molecule has 14 heavy (non-hydrogen) atoms. The van der Waals surface area contributed by atoms with Crippen LogP contribution in [0, 0.1) is 0 Å². The smallest absolute Gasteiger partial charge is 0.0504 e. The van der Waals surface area contributed by atoms with Crippen LogP contribution in [0.5, 0.6) is 0 Å².